The molecule has 0 spiro atoms. The Labute approximate surface area is 100 Å². The van der Waals surface area contributed by atoms with Crippen LogP contribution in [0.3, 0.4) is 0 Å². The Bertz CT molecular complexity index is 539. The summed E-state index contributed by atoms with van der Waals surface area (Å²) in [5, 5.41) is 8.19. The number of sulfonamides is 1. The van der Waals surface area contributed by atoms with Crippen molar-refractivity contribution in [3.05, 3.63) is 29.1 Å². The van der Waals surface area contributed by atoms with E-state index >= 15 is 0 Å². The molecule has 0 bridgehead atoms. The molecule has 0 atom stereocenters. The van der Waals surface area contributed by atoms with Crippen LogP contribution in [0.1, 0.15) is 24.0 Å². The fraction of sp³-hybridized carbons (Fsp3) is 0.455. The van der Waals surface area contributed by atoms with E-state index in [0.29, 0.717) is 23.7 Å². The van der Waals surface area contributed by atoms with Crippen molar-refractivity contribution in [2.75, 3.05) is 0 Å². The number of rotatable bonds is 4. The third-order valence-electron chi connectivity index (χ3n) is 2.79. The molecule has 94 valence electrons. The first-order valence-corrected chi connectivity index (χ1v) is 6.98. The lowest BCUT2D eigenvalue weighted by atomic mass is 10.1. The molecule has 1 aromatic rings. The van der Waals surface area contributed by atoms with Crippen molar-refractivity contribution in [1.29, 1.82) is 0 Å². The maximum absolute atomic E-state index is 13.8. The summed E-state index contributed by atoms with van der Waals surface area (Å²) >= 11 is 0. The summed E-state index contributed by atoms with van der Waals surface area (Å²) in [6, 6.07) is 2.99. The monoisotopic (exact) mass is 258 g/mol. The average Bonchev–Trinajstić information content (AvgIpc) is 3.02. The molecule has 1 aliphatic carbocycles. The van der Waals surface area contributed by atoms with E-state index in [-0.39, 0.29) is 10.7 Å². The third-order valence-corrected chi connectivity index (χ3v) is 3.68. The number of hydrogen-bond acceptors (Lipinski definition) is 3. The highest BCUT2D eigenvalue weighted by Gasteiger charge is 2.21. The largest absolute Gasteiger partial charge is 0.310 e. The first kappa shape index (κ1) is 12.5. The fourth-order valence-electron chi connectivity index (χ4n) is 1.64. The molecule has 2 rings (SSSR count). The van der Waals surface area contributed by atoms with E-state index in [1.165, 1.54) is 19.1 Å². The van der Waals surface area contributed by atoms with E-state index in [4.69, 9.17) is 5.14 Å². The van der Waals surface area contributed by atoms with Gasteiger partial charge in [0.05, 0.1) is 4.90 Å². The van der Waals surface area contributed by atoms with Crippen LogP contribution in [0.25, 0.3) is 0 Å². The first-order valence-electron chi connectivity index (χ1n) is 5.43. The zero-order chi connectivity index (χ0) is 12.6. The summed E-state index contributed by atoms with van der Waals surface area (Å²) in [6.07, 6.45) is 2.19. The van der Waals surface area contributed by atoms with E-state index < -0.39 is 10.0 Å². The first-order chi connectivity index (χ1) is 7.88. The Morgan fingerprint density at radius 2 is 2.12 bits per heavy atom. The van der Waals surface area contributed by atoms with Crippen molar-refractivity contribution < 1.29 is 12.8 Å². The lowest BCUT2D eigenvalue weighted by molar-refractivity contribution is 0.574. The molecular weight excluding hydrogens is 243 g/mol. The maximum Gasteiger partial charge on any atom is 0.238 e. The minimum Gasteiger partial charge on any atom is -0.310 e. The van der Waals surface area contributed by atoms with E-state index in [1.54, 1.807) is 0 Å². The summed E-state index contributed by atoms with van der Waals surface area (Å²) in [6.45, 7) is 1.87. The quantitative estimate of drug-likeness (QED) is 0.847. The Kier molecular flexibility index (Phi) is 3.20. The zero-order valence-electron chi connectivity index (χ0n) is 9.53. The van der Waals surface area contributed by atoms with E-state index in [9.17, 15) is 12.8 Å². The third kappa shape index (κ3) is 3.02. The topological polar surface area (TPSA) is 72.2 Å². The lowest BCUT2D eigenvalue weighted by Gasteiger charge is -2.09. The standard InChI is InChI=1S/C11H15FN2O2S/c1-7-4-10(17(13,15)16)5-8(11(7)12)6-14-9-2-3-9/h4-5,9,14H,2-3,6H2,1H3,(H2,13,15,16). The van der Waals surface area contributed by atoms with Gasteiger partial charge in [-0.25, -0.2) is 17.9 Å². The number of halogens is 1. The van der Waals surface area contributed by atoms with Crippen molar-refractivity contribution in [3.8, 4) is 0 Å². The van der Waals surface area contributed by atoms with E-state index in [1.807, 2.05) is 0 Å². The molecule has 1 aliphatic rings. The number of primary sulfonamides is 1. The van der Waals surface area contributed by atoms with Gasteiger partial charge in [-0.05, 0) is 37.5 Å². The summed E-state index contributed by atoms with van der Waals surface area (Å²) in [5.41, 5.74) is 0.644. The summed E-state index contributed by atoms with van der Waals surface area (Å²) in [4.78, 5) is -0.0380. The van der Waals surface area contributed by atoms with Gasteiger partial charge in [0.2, 0.25) is 10.0 Å². The second-order valence-electron chi connectivity index (χ2n) is 4.41. The Balaban J connectivity index is 2.31. The van der Waals surface area contributed by atoms with Crippen LogP contribution < -0.4 is 10.5 Å². The van der Waals surface area contributed by atoms with Crippen molar-refractivity contribution in [1.82, 2.24) is 5.32 Å². The molecule has 6 heteroatoms. The Hall–Kier alpha value is -0.980. The molecule has 3 N–H and O–H groups in total. The van der Waals surface area contributed by atoms with Crippen LogP contribution in [-0.4, -0.2) is 14.5 Å². The average molecular weight is 258 g/mol. The molecule has 4 nitrogen and oxygen atoms in total. The molecule has 0 saturated heterocycles. The molecule has 0 amide bonds. The maximum atomic E-state index is 13.8. The minimum absolute atomic E-state index is 0.0380. The van der Waals surface area contributed by atoms with Crippen molar-refractivity contribution in [3.63, 3.8) is 0 Å². The van der Waals surface area contributed by atoms with Crippen molar-refractivity contribution >= 4 is 10.0 Å². The van der Waals surface area contributed by atoms with Crippen LogP contribution in [0.4, 0.5) is 4.39 Å². The highest BCUT2D eigenvalue weighted by atomic mass is 32.2. The predicted molar refractivity (Wildman–Crippen MR) is 62.4 cm³/mol. The number of hydrogen-bond donors (Lipinski definition) is 2. The number of nitrogens with two attached hydrogens (primary N) is 1. The second kappa shape index (κ2) is 4.36. The molecule has 1 fully saturated rings. The molecule has 0 aromatic heterocycles. The normalized spacial score (nSPS) is 16.2. The van der Waals surface area contributed by atoms with Crippen LogP contribution in [0.15, 0.2) is 17.0 Å². The van der Waals surface area contributed by atoms with Crippen LogP contribution in [0, 0.1) is 12.7 Å². The van der Waals surface area contributed by atoms with Crippen LogP contribution in [0.2, 0.25) is 0 Å². The molecule has 17 heavy (non-hydrogen) atoms. The van der Waals surface area contributed by atoms with Crippen molar-refractivity contribution in [2.24, 2.45) is 5.14 Å². The molecule has 0 heterocycles. The molecule has 0 aliphatic heterocycles. The van der Waals surface area contributed by atoms with Gasteiger partial charge in [0.15, 0.2) is 0 Å². The van der Waals surface area contributed by atoms with Gasteiger partial charge in [0.25, 0.3) is 0 Å². The number of nitrogens with one attached hydrogen (secondary N) is 1. The van der Waals surface area contributed by atoms with Gasteiger partial charge >= 0.3 is 0 Å². The smallest absolute Gasteiger partial charge is 0.238 e. The Morgan fingerprint density at radius 3 is 2.65 bits per heavy atom. The highest BCUT2D eigenvalue weighted by Crippen LogP contribution is 2.22. The van der Waals surface area contributed by atoms with Gasteiger partial charge < -0.3 is 5.32 Å². The van der Waals surface area contributed by atoms with Gasteiger partial charge in [0, 0.05) is 18.2 Å². The number of aryl methyl sites for hydroxylation is 1. The predicted octanol–water partition coefficient (Wildman–Crippen LogP) is 1.03. The highest BCUT2D eigenvalue weighted by molar-refractivity contribution is 7.89. The van der Waals surface area contributed by atoms with Gasteiger partial charge in [-0.3, -0.25) is 0 Å². The molecule has 0 radical (unpaired) electrons. The zero-order valence-corrected chi connectivity index (χ0v) is 10.3. The van der Waals surface area contributed by atoms with Crippen LogP contribution >= 0.6 is 0 Å². The molecule has 0 unspecified atom stereocenters. The molecule has 1 saturated carbocycles. The second-order valence-corrected chi connectivity index (χ2v) is 5.97. The van der Waals surface area contributed by atoms with Gasteiger partial charge in [-0.15, -0.1) is 0 Å². The van der Waals surface area contributed by atoms with Crippen LogP contribution in [0.5, 0.6) is 0 Å². The van der Waals surface area contributed by atoms with E-state index in [0.717, 1.165) is 12.8 Å². The fourth-order valence-corrected chi connectivity index (χ4v) is 2.29. The van der Waals surface area contributed by atoms with Gasteiger partial charge in [-0.1, -0.05) is 0 Å². The summed E-state index contributed by atoms with van der Waals surface area (Å²) in [7, 11) is -3.78. The van der Waals surface area contributed by atoms with Gasteiger partial charge in [0.1, 0.15) is 5.82 Å². The minimum atomic E-state index is -3.78. The molecular formula is C11H15FN2O2S. The molecule has 1 aromatic carbocycles. The number of benzene rings is 1. The summed E-state index contributed by atoms with van der Waals surface area (Å²) < 4.78 is 36.2. The van der Waals surface area contributed by atoms with Crippen LogP contribution in [-0.2, 0) is 16.6 Å². The Morgan fingerprint density at radius 1 is 1.47 bits per heavy atom. The summed E-state index contributed by atoms with van der Waals surface area (Å²) in [5.74, 6) is -0.370. The SMILES string of the molecule is Cc1cc(S(N)(=O)=O)cc(CNC2CC2)c1F. The van der Waals surface area contributed by atoms with E-state index in [2.05, 4.69) is 5.32 Å². The van der Waals surface area contributed by atoms with Crippen molar-refractivity contribution in [2.45, 2.75) is 37.2 Å². The lowest BCUT2D eigenvalue weighted by Crippen LogP contribution is -2.18. The van der Waals surface area contributed by atoms with Gasteiger partial charge in [-0.2, -0.15) is 0 Å².